The summed E-state index contributed by atoms with van der Waals surface area (Å²) in [5, 5.41) is 9.00. The van der Waals surface area contributed by atoms with Gasteiger partial charge in [-0.25, -0.2) is 14.2 Å². The van der Waals surface area contributed by atoms with E-state index in [9.17, 15) is 9.59 Å². The predicted octanol–water partition coefficient (Wildman–Crippen LogP) is 1.59. The third-order valence-corrected chi connectivity index (χ3v) is 1.58. The lowest BCUT2D eigenvalue weighted by molar-refractivity contribution is 0.0515. The van der Waals surface area contributed by atoms with Crippen molar-refractivity contribution in [1.82, 2.24) is 10.3 Å². The summed E-state index contributed by atoms with van der Waals surface area (Å²) >= 11 is 0. The van der Waals surface area contributed by atoms with Crippen molar-refractivity contribution in [2.75, 3.05) is 11.9 Å². The van der Waals surface area contributed by atoms with Crippen LogP contribution in [0.3, 0.4) is 0 Å². The first-order chi connectivity index (χ1) is 8.33. The van der Waals surface area contributed by atoms with Gasteiger partial charge in [-0.2, -0.15) is 0 Å². The lowest BCUT2D eigenvalue weighted by Crippen LogP contribution is -2.28. The van der Waals surface area contributed by atoms with Gasteiger partial charge in [0.25, 0.3) is 0 Å². The summed E-state index contributed by atoms with van der Waals surface area (Å²) < 4.78 is 14.1. The van der Waals surface area contributed by atoms with Gasteiger partial charge >= 0.3 is 12.1 Å². The lowest BCUT2D eigenvalue weighted by atomic mass is 10.2. The number of aromatic nitrogens is 2. The van der Waals surface area contributed by atoms with Crippen molar-refractivity contribution in [2.24, 2.45) is 0 Å². The topological polar surface area (TPSA) is 104 Å². The Hall–Kier alpha value is -2.12. The average molecular weight is 257 g/mol. The largest absolute Gasteiger partial charge is 0.461 e. The van der Waals surface area contributed by atoms with Crippen molar-refractivity contribution in [3.8, 4) is 0 Å². The summed E-state index contributed by atoms with van der Waals surface area (Å²) in [5.74, 6) is -0.868. The Morgan fingerprint density at radius 1 is 1.33 bits per heavy atom. The van der Waals surface area contributed by atoms with E-state index in [-0.39, 0.29) is 18.1 Å². The molecule has 8 nitrogen and oxygen atoms in total. The molecule has 0 aromatic carbocycles. The highest BCUT2D eigenvalue weighted by atomic mass is 16.6. The minimum atomic E-state index is -0.760. The number of hydrogen-bond donors (Lipinski definition) is 1. The van der Waals surface area contributed by atoms with E-state index in [2.05, 4.69) is 20.3 Å². The molecule has 1 rings (SSSR count). The lowest BCUT2D eigenvalue weighted by Gasteiger charge is -2.18. The number of nitrogens with one attached hydrogen (secondary N) is 1. The van der Waals surface area contributed by atoms with Crippen LogP contribution in [0, 0.1) is 0 Å². The zero-order valence-corrected chi connectivity index (χ0v) is 10.6. The number of hydrogen-bond acceptors (Lipinski definition) is 7. The van der Waals surface area contributed by atoms with Gasteiger partial charge < -0.3 is 9.47 Å². The van der Waals surface area contributed by atoms with Crippen LogP contribution in [0.25, 0.3) is 0 Å². The molecule has 1 aromatic heterocycles. The van der Waals surface area contributed by atoms with Crippen molar-refractivity contribution < 1.29 is 23.7 Å². The highest BCUT2D eigenvalue weighted by Gasteiger charge is 2.23. The van der Waals surface area contributed by atoms with Gasteiger partial charge in [0.1, 0.15) is 5.60 Å². The Morgan fingerprint density at radius 3 is 2.56 bits per heavy atom. The molecule has 0 aliphatic heterocycles. The highest BCUT2D eigenvalue weighted by Crippen LogP contribution is 2.13. The van der Waals surface area contributed by atoms with Crippen molar-refractivity contribution in [3.63, 3.8) is 0 Å². The van der Waals surface area contributed by atoms with Gasteiger partial charge in [0, 0.05) is 0 Å². The van der Waals surface area contributed by atoms with E-state index < -0.39 is 17.7 Å². The van der Waals surface area contributed by atoms with E-state index >= 15 is 0 Å². The Kier molecular flexibility index (Phi) is 4.24. The molecular weight excluding hydrogens is 242 g/mol. The molecule has 8 heteroatoms. The first-order valence-electron chi connectivity index (χ1n) is 5.33. The molecule has 1 amide bonds. The number of amides is 1. The number of carbonyl (C=O) groups excluding carboxylic acids is 2. The molecule has 0 saturated heterocycles. The number of esters is 1. The maximum Gasteiger partial charge on any atom is 0.413 e. The smallest absolute Gasteiger partial charge is 0.413 e. The van der Waals surface area contributed by atoms with Crippen LogP contribution >= 0.6 is 0 Å². The molecule has 0 fully saturated rings. The van der Waals surface area contributed by atoms with E-state index in [1.54, 1.807) is 27.7 Å². The Morgan fingerprint density at radius 2 is 2.00 bits per heavy atom. The van der Waals surface area contributed by atoms with Crippen LogP contribution in [0.5, 0.6) is 0 Å². The first kappa shape index (κ1) is 13.9. The van der Waals surface area contributed by atoms with Crippen molar-refractivity contribution >= 4 is 17.9 Å². The zero-order valence-electron chi connectivity index (χ0n) is 10.6. The monoisotopic (exact) mass is 257 g/mol. The minimum absolute atomic E-state index is 0.136. The molecule has 1 aromatic rings. The van der Waals surface area contributed by atoms with Gasteiger partial charge in [0.05, 0.1) is 6.61 Å². The van der Waals surface area contributed by atoms with Crippen LogP contribution in [-0.4, -0.2) is 34.6 Å². The summed E-state index contributed by atoms with van der Waals surface area (Å²) in [6.07, 6.45) is -0.760. The predicted molar refractivity (Wildman–Crippen MR) is 60.1 cm³/mol. The maximum atomic E-state index is 11.5. The fraction of sp³-hybridized carbons (Fsp3) is 0.600. The number of ether oxygens (including phenoxy) is 2. The standard InChI is InChI=1S/C10H15N3O5/c1-5-16-8(14)6-7(13-18-12-6)11-9(15)17-10(2,3)4/h5H2,1-4H3,(H,11,13,15). The number of carbonyl (C=O) groups is 2. The average Bonchev–Trinajstić information content (AvgIpc) is 2.62. The Labute approximate surface area is 104 Å². The van der Waals surface area contributed by atoms with E-state index in [0.717, 1.165) is 0 Å². The van der Waals surface area contributed by atoms with Gasteiger partial charge in [-0.3, -0.25) is 5.32 Å². The first-order valence-corrected chi connectivity index (χ1v) is 5.33. The van der Waals surface area contributed by atoms with Crippen LogP contribution < -0.4 is 5.32 Å². The summed E-state index contributed by atoms with van der Waals surface area (Å²) in [5.41, 5.74) is -0.867. The number of rotatable bonds is 3. The normalized spacial score (nSPS) is 10.9. The maximum absolute atomic E-state index is 11.5. The van der Waals surface area contributed by atoms with Crippen molar-refractivity contribution in [1.29, 1.82) is 0 Å². The second-order valence-corrected chi connectivity index (χ2v) is 4.31. The highest BCUT2D eigenvalue weighted by molar-refractivity contribution is 5.96. The summed E-state index contributed by atoms with van der Waals surface area (Å²) in [7, 11) is 0. The van der Waals surface area contributed by atoms with E-state index in [0.29, 0.717) is 0 Å². The van der Waals surface area contributed by atoms with Crippen molar-refractivity contribution in [3.05, 3.63) is 5.69 Å². The van der Waals surface area contributed by atoms with Crippen molar-refractivity contribution in [2.45, 2.75) is 33.3 Å². The molecule has 0 atom stereocenters. The van der Waals surface area contributed by atoms with E-state index in [1.807, 2.05) is 0 Å². The summed E-state index contributed by atoms with van der Waals surface area (Å²) in [4.78, 5) is 22.9. The molecule has 0 radical (unpaired) electrons. The molecule has 0 spiro atoms. The molecule has 0 saturated carbocycles. The van der Waals surface area contributed by atoms with Crippen LogP contribution in [0.4, 0.5) is 10.6 Å². The Bertz CT molecular complexity index is 435. The number of anilines is 1. The summed E-state index contributed by atoms with van der Waals surface area (Å²) in [6.45, 7) is 6.95. The molecule has 18 heavy (non-hydrogen) atoms. The fourth-order valence-corrected chi connectivity index (χ4v) is 1.00. The summed E-state index contributed by atoms with van der Waals surface area (Å²) in [6, 6.07) is 0. The second-order valence-electron chi connectivity index (χ2n) is 4.31. The van der Waals surface area contributed by atoms with Gasteiger partial charge in [-0.15, -0.1) is 0 Å². The van der Waals surface area contributed by atoms with Gasteiger partial charge in [-0.1, -0.05) is 0 Å². The van der Waals surface area contributed by atoms with Crippen LogP contribution in [0.2, 0.25) is 0 Å². The molecule has 1 heterocycles. The van der Waals surface area contributed by atoms with Crippen LogP contribution in [0.1, 0.15) is 38.2 Å². The van der Waals surface area contributed by atoms with E-state index in [4.69, 9.17) is 9.47 Å². The molecule has 0 aliphatic carbocycles. The number of nitrogens with zero attached hydrogens (tertiary/aromatic N) is 2. The van der Waals surface area contributed by atoms with Gasteiger partial charge in [0.15, 0.2) is 0 Å². The van der Waals surface area contributed by atoms with Gasteiger partial charge in [0.2, 0.25) is 11.5 Å². The Balaban J connectivity index is 2.71. The quantitative estimate of drug-likeness (QED) is 0.820. The third kappa shape index (κ3) is 4.04. The second kappa shape index (κ2) is 5.48. The van der Waals surface area contributed by atoms with E-state index in [1.165, 1.54) is 0 Å². The van der Waals surface area contributed by atoms with Crippen LogP contribution in [0.15, 0.2) is 4.63 Å². The molecule has 0 bridgehead atoms. The zero-order chi connectivity index (χ0) is 13.8. The molecule has 100 valence electrons. The van der Waals surface area contributed by atoms with Gasteiger partial charge in [-0.05, 0) is 38.0 Å². The minimum Gasteiger partial charge on any atom is -0.461 e. The molecule has 0 unspecified atom stereocenters. The third-order valence-electron chi connectivity index (χ3n) is 1.58. The fourth-order valence-electron chi connectivity index (χ4n) is 1.00. The molecular formula is C10H15N3O5. The molecule has 0 aliphatic rings. The molecule has 1 N–H and O–H groups in total. The van der Waals surface area contributed by atoms with Crippen LogP contribution in [-0.2, 0) is 9.47 Å². The SMILES string of the molecule is CCOC(=O)c1nonc1NC(=O)OC(C)(C)C.